The predicted molar refractivity (Wildman–Crippen MR) is 49.3 cm³/mol. The predicted octanol–water partition coefficient (Wildman–Crippen LogP) is 2.54. The van der Waals surface area contributed by atoms with Crippen LogP contribution in [0, 0.1) is 11.8 Å². The van der Waals surface area contributed by atoms with E-state index in [0.717, 1.165) is 17.9 Å². The fraction of sp³-hybridized carbons (Fsp3) is 0.800. The average Bonchev–Trinajstić information content (AvgIpc) is 2.66. The molecule has 2 aliphatic rings. The summed E-state index contributed by atoms with van der Waals surface area (Å²) in [6.07, 6.45) is 2.57. The van der Waals surface area contributed by atoms with Gasteiger partial charge >= 0.3 is 0 Å². The first kappa shape index (κ1) is 8.63. The molecule has 1 nitrogen and oxygen atoms in total. The molecule has 1 heteroatoms. The lowest BCUT2D eigenvalue weighted by Gasteiger charge is -2.13. The molecule has 64 valence electrons. The molecule has 0 aromatic carbocycles. The molecule has 3 atom stereocenters. The lowest BCUT2D eigenvalue weighted by atomic mass is 10.1. The highest BCUT2D eigenvalue weighted by Crippen LogP contribution is 2.45. The second-order valence-corrected chi connectivity index (χ2v) is 3.34. The summed E-state index contributed by atoms with van der Waals surface area (Å²) in [6, 6.07) is 0.797. The molecule has 1 saturated carbocycles. The van der Waals surface area contributed by atoms with E-state index in [9.17, 15) is 0 Å². The van der Waals surface area contributed by atoms with Crippen LogP contribution in [0.2, 0.25) is 0 Å². The van der Waals surface area contributed by atoms with Crippen molar-refractivity contribution in [2.24, 2.45) is 11.8 Å². The van der Waals surface area contributed by atoms with Gasteiger partial charge in [0.25, 0.3) is 0 Å². The largest absolute Gasteiger partial charge is 0.386 e. The van der Waals surface area contributed by atoms with E-state index in [2.05, 4.69) is 18.8 Å². The third kappa shape index (κ3) is 1.58. The number of hydrogen-bond acceptors (Lipinski definition) is 1. The SMILES string of the molecule is C=C1CCC2C(C)C2N1.CC. The van der Waals surface area contributed by atoms with Crippen molar-refractivity contribution < 1.29 is 0 Å². The fourth-order valence-corrected chi connectivity index (χ4v) is 1.88. The third-order valence-electron chi connectivity index (χ3n) is 2.71. The Morgan fingerprint density at radius 1 is 1.45 bits per heavy atom. The Bertz CT molecular complexity index is 151. The summed E-state index contributed by atoms with van der Waals surface area (Å²) in [5, 5.41) is 3.41. The van der Waals surface area contributed by atoms with E-state index in [1.165, 1.54) is 18.5 Å². The lowest BCUT2D eigenvalue weighted by molar-refractivity contribution is 0.569. The smallest absolute Gasteiger partial charge is 0.0318 e. The number of hydrogen-bond donors (Lipinski definition) is 1. The maximum absolute atomic E-state index is 3.91. The molecule has 1 aliphatic carbocycles. The monoisotopic (exact) mass is 153 g/mol. The highest BCUT2D eigenvalue weighted by atomic mass is 15.0. The molecule has 1 aliphatic heterocycles. The number of allylic oxidation sites excluding steroid dienone is 1. The van der Waals surface area contributed by atoms with E-state index in [1.807, 2.05) is 13.8 Å². The van der Waals surface area contributed by atoms with Crippen molar-refractivity contribution in [3.05, 3.63) is 12.3 Å². The zero-order valence-corrected chi connectivity index (χ0v) is 7.85. The molecular formula is C10H19N. The van der Waals surface area contributed by atoms with Crippen molar-refractivity contribution in [3.8, 4) is 0 Å². The van der Waals surface area contributed by atoms with Gasteiger partial charge in [0, 0.05) is 11.7 Å². The molecular weight excluding hydrogens is 134 g/mol. The van der Waals surface area contributed by atoms with Crippen LogP contribution in [0.5, 0.6) is 0 Å². The van der Waals surface area contributed by atoms with Gasteiger partial charge in [0.15, 0.2) is 0 Å². The summed E-state index contributed by atoms with van der Waals surface area (Å²) in [4.78, 5) is 0. The molecule has 0 aromatic rings. The van der Waals surface area contributed by atoms with Gasteiger partial charge in [-0.25, -0.2) is 0 Å². The van der Waals surface area contributed by atoms with Crippen LogP contribution in [0.25, 0.3) is 0 Å². The Kier molecular flexibility index (Phi) is 2.58. The summed E-state index contributed by atoms with van der Waals surface area (Å²) in [6.45, 7) is 10.2. The minimum Gasteiger partial charge on any atom is -0.386 e. The summed E-state index contributed by atoms with van der Waals surface area (Å²) in [5.41, 5.74) is 1.25. The number of fused-ring (bicyclic) bond motifs is 1. The minimum atomic E-state index is 0.797. The normalized spacial score (nSPS) is 39.5. The van der Waals surface area contributed by atoms with E-state index in [-0.39, 0.29) is 0 Å². The molecule has 1 saturated heterocycles. The van der Waals surface area contributed by atoms with E-state index in [0.29, 0.717) is 0 Å². The molecule has 1 N–H and O–H groups in total. The van der Waals surface area contributed by atoms with Crippen molar-refractivity contribution in [1.82, 2.24) is 5.32 Å². The van der Waals surface area contributed by atoms with Crippen molar-refractivity contribution in [1.29, 1.82) is 0 Å². The van der Waals surface area contributed by atoms with Gasteiger partial charge in [0.2, 0.25) is 0 Å². The van der Waals surface area contributed by atoms with Crippen LogP contribution in [-0.4, -0.2) is 6.04 Å². The Hall–Kier alpha value is -0.460. The first-order chi connectivity index (χ1) is 5.29. The van der Waals surface area contributed by atoms with Crippen LogP contribution >= 0.6 is 0 Å². The zero-order valence-electron chi connectivity index (χ0n) is 7.85. The van der Waals surface area contributed by atoms with Gasteiger partial charge in [-0.1, -0.05) is 27.4 Å². The van der Waals surface area contributed by atoms with Gasteiger partial charge in [0.1, 0.15) is 0 Å². The van der Waals surface area contributed by atoms with Crippen molar-refractivity contribution in [2.45, 2.75) is 39.7 Å². The number of nitrogens with one attached hydrogen (secondary N) is 1. The second-order valence-electron chi connectivity index (χ2n) is 3.34. The molecule has 2 fully saturated rings. The van der Waals surface area contributed by atoms with E-state index in [4.69, 9.17) is 0 Å². The topological polar surface area (TPSA) is 12.0 Å². The van der Waals surface area contributed by atoms with Crippen LogP contribution in [0.1, 0.15) is 33.6 Å². The van der Waals surface area contributed by atoms with Gasteiger partial charge < -0.3 is 5.32 Å². The molecule has 11 heavy (non-hydrogen) atoms. The second kappa shape index (κ2) is 3.29. The molecule has 0 aromatic heterocycles. The van der Waals surface area contributed by atoms with Crippen molar-refractivity contribution in [2.75, 3.05) is 0 Å². The standard InChI is InChI=1S/C8H13N.C2H6/c1-5-3-4-7-6(2)8(7)9-5;1-2/h6-9H,1,3-4H2,2H3;1-2H3. The molecule has 0 bridgehead atoms. The van der Waals surface area contributed by atoms with Crippen LogP contribution in [0.3, 0.4) is 0 Å². The molecule has 2 rings (SSSR count). The van der Waals surface area contributed by atoms with E-state index < -0.39 is 0 Å². The summed E-state index contributed by atoms with van der Waals surface area (Å²) < 4.78 is 0. The first-order valence-electron chi connectivity index (χ1n) is 4.73. The highest BCUT2D eigenvalue weighted by molar-refractivity contribution is 5.12. The maximum atomic E-state index is 3.91. The molecule has 1 heterocycles. The Balaban J connectivity index is 0.000000281. The average molecular weight is 153 g/mol. The van der Waals surface area contributed by atoms with Crippen LogP contribution in [0.15, 0.2) is 12.3 Å². The Labute approximate surface area is 69.9 Å². The molecule has 0 amide bonds. The van der Waals surface area contributed by atoms with E-state index >= 15 is 0 Å². The summed E-state index contributed by atoms with van der Waals surface area (Å²) >= 11 is 0. The summed E-state index contributed by atoms with van der Waals surface area (Å²) in [7, 11) is 0. The molecule has 0 spiro atoms. The molecule has 3 unspecified atom stereocenters. The van der Waals surface area contributed by atoms with Gasteiger partial charge in [-0.05, 0) is 24.7 Å². The maximum Gasteiger partial charge on any atom is 0.0318 e. The number of piperidine rings is 1. The van der Waals surface area contributed by atoms with Gasteiger partial charge in [0.05, 0.1) is 0 Å². The van der Waals surface area contributed by atoms with Gasteiger partial charge in [-0.2, -0.15) is 0 Å². The fourth-order valence-electron chi connectivity index (χ4n) is 1.88. The quantitative estimate of drug-likeness (QED) is 0.564. The van der Waals surface area contributed by atoms with E-state index in [1.54, 1.807) is 0 Å². The van der Waals surface area contributed by atoms with Gasteiger partial charge in [-0.3, -0.25) is 0 Å². The molecule has 0 radical (unpaired) electrons. The first-order valence-corrected chi connectivity index (χ1v) is 4.73. The zero-order chi connectivity index (χ0) is 8.43. The van der Waals surface area contributed by atoms with Crippen molar-refractivity contribution in [3.63, 3.8) is 0 Å². The van der Waals surface area contributed by atoms with Crippen LogP contribution in [0.4, 0.5) is 0 Å². The van der Waals surface area contributed by atoms with Crippen LogP contribution < -0.4 is 5.32 Å². The van der Waals surface area contributed by atoms with Crippen molar-refractivity contribution >= 4 is 0 Å². The summed E-state index contributed by atoms with van der Waals surface area (Å²) in [5.74, 6) is 1.90. The Morgan fingerprint density at radius 3 is 2.55 bits per heavy atom. The van der Waals surface area contributed by atoms with Gasteiger partial charge in [-0.15, -0.1) is 0 Å². The van der Waals surface area contributed by atoms with Crippen LogP contribution in [-0.2, 0) is 0 Å². The lowest BCUT2D eigenvalue weighted by Crippen LogP contribution is -2.21. The Morgan fingerprint density at radius 2 is 2.09 bits per heavy atom. The third-order valence-corrected chi connectivity index (χ3v) is 2.71. The minimum absolute atomic E-state index is 0.797. The highest BCUT2D eigenvalue weighted by Gasteiger charge is 2.48. The number of rotatable bonds is 0.